The Bertz CT molecular complexity index is 984. The van der Waals surface area contributed by atoms with Crippen molar-refractivity contribution < 1.29 is 26.7 Å². The number of halogens is 5. The molecule has 1 saturated heterocycles. The van der Waals surface area contributed by atoms with Gasteiger partial charge in [0.15, 0.2) is 0 Å². The summed E-state index contributed by atoms with van der Waals surface area (Å²) in [5, 5.41) is 0. The molecule has 12 heteroatoms. The molecule has 7 nitrogen and oxygen atoms in total. The summed E-state index contributed by atoms with van der Waals surface area (Å²) in [6.45, 7) is -0.924. The van der Waals surface area contributed by atoms with E-state index in [1.54, 1.807) is 0 Å². The van der Waals surface area contributed by atoms with E-state index in [1.165, 1.54) is 16.6 Å². The molecule has 0 spiro atoms. The van der Waals surface area contributed by atoms with Gasteiger partial charge in [-0.1, -0.05) is 0 Å². The quantitative estimate of drug-likeness (QED) is 0.697. The minimum absolute atomic E-state index is 0.0818. The average Bonchev–Trinajstić information content (AvgIpc) is 3.41. The van der Waals surface area contributed by atoms with Crippen LogP contribution in [0.3, 0.4) is 0 Å². The zero-order chi connectivity index (χ0) is 22.0. The van der Waals surface area contributed by atoms with E-state index in [-0.39, 0.29) is 17.3 Å². The third-order valence-electron chi connectivity index (χ3n) is 6.06. The highest BCUT2D eigenvalue weighted by Gasteiger charge is 2.52. The predicted octanol–water partition coefficient (Wildman–Crippen LogP) is 1.41. The van der Waals surface area contributed by atoms with E-state index < -0.39 is 66.6 Å². The Kier molecular flexibility index (Phi) is 5.14. The van der Waals surface area contributed by atoms with Gasteiger partial charge < -0.3 is 10.5 Å². The Hall–Kier alpha value is -2.05. The van der Waals surface area contributed by atoms with Gasteiger partial charge >= 0.3 is 11.9 Å². The fourth-order valence-corrected chi connectivity index (χ4v) is 4.46. The minimum atomic E-state index is -4.79. The van der Waals surface area contributed by atoms with Crippen molar-refractivity contribution in [2.24, 2.45) is 11.7 Å². The third kappa shape index (κ3) is 3.40. The molecule has 0 amide bonds. The number of fused-ring (bicyclic) bond motifs is 1. The van der Waals surface area contributed by atoms with Crippen LogP contribution in [-0.4, -0.2) is 59.1 Å². The number of methoxy groups -OCH3 is 1. The Labute approximate surface area is 167 Å². The number of nitrogens with two attached hydrogens (primary N) is 1. The van der Waals surface area contributed by atoms with Crippen LogP contribution in [0.4, 0.5) is 22.0 Å². The van der Waals surface area contributed by atoms with Gasteiger partial charge in [-0.2, -0.15) is 13.2 Å². The fourth-order valence-electron chi connectivity index (χ4n) is 4.46. The second kappa shape index (κ2) is 7.27. The molecule has 1 aliphatic heterocycles. The highest BCUT2D eigenvalue weighted by molar-refractivity contribution is 5.58. The molecular formula is C18H21F5N4O3. The van der Waals surface area contributed by atoms with Crippen LogP contribution in [0.15, 0.2) is 15.4 Å². The van der Waals surface area contributed by atoms with Gasteiger partial charge in [0.2, 0.25) is 0 Å². The van der Waals surface area contributed by atoms with Crippen LogP contribution in [-0.2, 0) is 4.74 Å². The summed E-state index contributed by atoms with van der Waals surface area (Å²) in [5.41, 5.74) is 3.82. The number of hydrogen-bond donors (Lipinski definition) is 2. The first-order valence-electron chi connectivity index (χ1n) is 9.53. The van der Waals surface area contributed by atoms with E-state index in [0.717, 1.165) is 6.08 Å². The second-order valence-corrected chi connectivity index (χ2v) is 7.99. The molecule has 2 heterocycles. The summed E-state index contributed by atoms with van der Waals surface area (Å²) in [6.07, 6.45) is -5.57. The number of nitrogens with one attached hydrogen (secondary N) is 1. The van der Waals surface area contributed by atoms with Gasteiger partial charge in [0.05, 0.1) is 17.3 Å². The molecule has 2 fully saturated rings. The Balaban J connectivity index is 1.74. The van der Waals surface area contributed by atoms with Gasteiger partial charge in [0, 0.05) is 32.2 Å². The maximum Gasteiger partial charge on any atom is 0.404 e. The zero-order valence-electron chi connectivity index (χ0n) is 16.0. The van der Waals surface area contributed by atoms with Crippen molar-refractivity contribution in [1.29, 1.82) is 0 Å². The first kappa shape index (κ1) is 21.2. The first-order chi connectivity index (χ1) is 14.0. The Morgan fingerprint density at radius 2 is 1.93 bits per heavy atom. The molecule has 4 rings (SSSR count). The van der Waals surface area contributed by atoms with Gasteiger partial charge in [0.1, 0.15) is 24.1 Å². The Morgan fingerprint density at radius 3 is 2.50 bits per heavy atom. The maximum absolute atomic E-state index is 15.1. The van der Waals surface area contributed by atoms with Crippen molar-refractivity contribution >= 4 is 6.08 Å². The molecule has 5 unspecified atom stereocenters. The number of aromatic nitrogens is 2. The molecule has 30 heavy (non-hydrogen) atoms. The molecule has 1 aromatic rings. The van der Waals surface area contributed by atoms with E-state index in [4.69, 9.17) is 10.5 Å². The van der Waals surface area contributed by atoms with Crippen LogP contribution in [0, 0.1) is 5.92 Å². The van der Waals surface area contributed by atoms with Crippen molar-refractivity contribution in [1.82, 2.24) is 14.5 Å². The summed E-state index contributed by atoms with van der Waals surface area (Å²) in [4.78, 5) is 28.0. The van der Waals surface area contributed by atoms with E-state index in [0.29, 0.717) is 12.8 Å². The standard InChI is InChI=1S/C18H21F5N4O3/c1-30-14-12-8(16(28)25-17(29)27(12)7-2-3-7)4-10(19)13(14)26-5-9(11(20)6-26)15(24)18(21,22)23/h4,7,9,11,13-15H,2-3,5-6,24H2,1H3,(H,25,28,29). The lowest BCUT2D eigenvalue weighted by Gasteiger charge is -2.37. The molecule has 3 N–H and O–H groups in total. The van der Waals surface area contributed by atoms with Crippen LogP contribution in [0.2, 0.25) is 0 Å². The van der Waals surface area contributed by atoms with Crippen molar-refractivity contribution in [3.05, 3.63) is 37.9 Å². The van der Waals surface area contributed by atoms with E-state index in [9.17, 15) is 27.2 Å². The molecular weight excluding hydrogens is 415 g/mol. The summed E-state index contributed by atoms with van der Waals surface area (Å²) >= 11 is 0. The number of nitrogens with zero attached hydrogens (tertiary/aromatic N) is 2. The lowest BCUT2D eigenvalue weighted by molar-refractivity contribution is -0.161. The SMILES string of the molecule is COC1c2c(c(=O)[nH]c(=O)n2C2CC2)C=C(F)C1N1CC(F)C(C(N)C(F)(F)F)C1. The highest BCUT2D eigenvalue weighted by Crippen LogP contribution is 2.43. The van der Waals surface area contributed by atoms with Crippen molar-refractivity contribution in [2.45, 2.75) is 49.4 Å². The van der Waals surface area contributed by atoms with Crippen LogP contribution >= 0.6 is 0 Å². The van der Waals surface area contributed by atoms with E-state index >= 15 is 4.39 Å². The van der Waals surface area contributed by atoms with Crippen LogP contribution < -0.4 is 17.0 Å². The average molecular weight is 436 g/mol. The number of ether oxygens (including phenoxy) is 1. The molecule has 0 bridgehead atoms. The molecule has 0 aromatic carbocycles. The maximum atomic E-state index is 15.1. The summed E-state index contributed by atoms with van der Waals surface area (Å²) in [5.74, 6) is -2.42. The summed E-state index contributed by atoms with van der Waals surface area (Å²) in [6, 6.07) is -3.86. The topological polar surface area (TPSA) is 93.3 Å². The van der Waals surface area contributed by atoms with Gasteiger partial charge in [-0.25, -0.2) is 13.6 Å². The number of hydrogen-bond acceptors (Lipinski definition) is 5. The number of alkyl halides is 4. The van der Waals surface area contributed by atoms with Gasteiger partial charge in [0.25, 0.3) is 5.56 Å². The lowest BCUT2D eigenvalue weighted by atomic mass is 9.93. The first-order valence-corrected chi connectivity index (χ1v) is 9.53. The molecule has 1 saturated carbocycles. The van der Waals surface area contributed by atoms with Crippen LogP contribution in [0.25, 0.3) is 6.08 Å². The smallest absolute Gasteiger partial charge is 0.373 e. The highest BCUT2D eigenvalue weighted by atomic mass is 19.4. The van der Waals surface area contributed by atoms with Crippen molar-refractivity contribution in [3.63, 3.8) is 0 Å². The van der Waals surface area contributed by atoms with Crippen molar-refractivity contribution in [2.75, 3.05) is 20.2 Å². The minimum Gasteiger partial charge on any atom is -0.373 e. The Morgan fingerprint density at radius 1 is 1.27 bits per heavy atom. The predicted molar refractivity (Wildman–Crippen MR) is 96.2 cm³/mol. The van der Waals surface area contributed by atoms with E-state index in [2.05, 4.69) is 4.98 Å². The molecule has 5 atom stereocenters. The molecule has 1 aromatic heterocycles. The van der Waals surface area contributed by atoms with Crippen LogP contribution in [0.1, 0.15) is 36.2 Å². The number of rotatable bonds is 4. The number of aromatic amines is 1. The number of H-pyrrole nitrogens is 1. The summed E-state index contributed by atoms with van der Waals surface area (Å²) < 4.78 is 75.3. The molecule has 166 valence electrons. The van der Waals surface area contributed by atoms with Gasteiger partial charge in [-0.3, -0.25) is 19.2 Å². The third-order valence-corrected chi connectivity index (χ3v) is 6.06. The monoisotopic (exact) mass is 436 g/mol. The molecule has 2 aliphatic carbocycles. The zero-order valence-corrected chi connectivity index (χ0v) is 16.0. The largest absolute Gasteiger partial charge is 0.404 e. The van der Waals surface area contributed by atoms with Gasteiger partial charge in [-0.05, 0) is 18.9 Å². The second-order valence-electron chi connectivity index (χ2n) is 7.99. The van der Waals surface area contributed by atoms with E-state index in [1.807, 2.05) is 0 Å². The van der Waals surface area contributed by atoms with Crippen LogP contribution in [0.5, 0.6) is 0 Å². The van der Waals surface area contributed by atoms with Crippen molar-refractivity contribution in [3.8, 4) is 0 Å². The molecule has 3 aliphatic rings. The lowest BCUT2D eigenvalue weighted by Crippen LogP contribution is -2.48. The van der Waals surface area contributed by atoms with Gasteiger partial charge in [-0.15, -0.1) is 0 Å². The molecule has 0 radical (unpaired) electrons. The normalized spacial score (nSPS) is 30.8. The number of likely N-dealkylation sites (tertiary alicyclic amines) is 1. The summed E-state index contributed by atoms with van der Waals surface area (Å²) in [7, 11) is 1.24. The fraction of sp³-hybridized carbons (Fsp3) is 0.667.